The number of nitrogens with one attached hydrogen (secondary N) is 1. The Kier molecular flexibility index (Phi) is 4.76. The summed E-state index contributed by atoms with van der Waals surface area (Å²) in [6, 6.07) is 9.33. The molecule has 0 saturated heterocycles. The Morgan fingerprint density at radius 2 is 2.06 bits per heavy atom. The van der Waals surface area contributed by atoms with Crippen LogP contribution in [0.25, 0.3) is 0 Å². The summed E-state index contributed by atoms with van der Waals surface area (Å²) in [5, 5.41) is 12.2. The Labute approximate surface area is 108 Å². The third-order valence-corrected chi connectivity index (χ3v) is 3.72. The van der Waals surface area contributed by atoms with E-state index in [-0.39, 0.29) is 18.6 Å². The van der Waals surface area contributed by atoms with Gasteiger partial charge in [-0.2, -0.15) is 0 Å². The molecule has 1 fully saturated rings. The molecule has 0 bridgehead atoms. The summed E-state index contributed by atoms with van der Waals surface area (Å²) in [7, 11) is 0. The van der Waals surface area contributed by atoms with Crippen molar-refractivity contribution in [1.82, 2.24) is 5.32 Å². The summed E-state index contributed by atoms with van der Waals surface area (Å²) in [4.78, 5) is 11.8. The molecule has 1 aromatic carbocycles. The zero-order valence-corrected chi connectivity index (χ0v) is 10.6. The lowest BCUT2D eigenvalue weighted by Gasteiger charge is -2.25. The molecule has 3 nitrogen and oxygen atoms in total. The topological polar surface area (TPSA) is 49.3 Å². The van der Waals surface area contributed by atoms with Crippen molar-refractivity contribution in [3.05, 3.63) is 35.9 Å². The molecule has 2 rings (SSSR count). The van der Waals surface area contributed by atoms with Crippen LogP contribution >= 0.6 is 0 Å². The maximum Gasteiger partial charge on any atom is 0.220 e. The summed E-state index contributed by atoms with van der Waals surface area (Å²) in [6.07, 6.45) is 5.42. The average Bonchev–Trinajstić information content (AvgIpc) is 2.35. The van der Waals surface area contributed by atoms with E-state index in [1.807, 2.05) is 30.3 Å². The van der Waals surface area contributed by atoms with Gasteiger partial charge in [0.25, 0.3) is 0 Å². The number of carbonyl (C=O) groups excluding carboxylic acids is 1. The van der Waals surface area contributed by atoms with Crippen LogP contribution in [0.4, 0.5) is 0 Å². The summed E-state index contributed by atoms with van der Waals surface area (Å²) >= 11 is 0. The Bertz CT molecular complexity index is 373. The SMILES string of the molecule is O=C(CCC1CCC1)N[C@H](CO)c1ccccc1. The summed E-state index contributed by atoms with van der Waals surface area (Å²) in [5.74, 6) is 0.796. The highest BCUT2D eigenvalue weighted by molar-refractivity contribution is 5.76. The van der Waals surface area contributed by atoms with Gasteiger partial charge in [-0.05, 0) is 17.9 Å². The van der Waals surface area contributed by atoms with Gasteiger partial charge in [-0.1, -0.05) is 49.6 Å². The summed E-state index contributed by atoms with van der Waals surface area (Å²) in [6.45, 7) is -0.0564. The van der Waals surface area contributed by atoms with Crippen LogP contribution in [-0.4, -0.2) is 17.6 Å². The van der Waals surface area contributed by atoms with Gasteiger partial charge in [0.1, 0.15) is 0 Å². The van der Waals surface area contributed by atoms with Crippen LogP contribution in [0.5, 0.6) is 0 Å². The highest BCUT2D eigenvalue weighted by Gasteiger charge is 2.19. The van der Waals surface area contributed by atoms with Gasteiger partial charge in [0.05, 0.1) is 12.6 Å². The summed E-state index contributed by atoms with van der Waals surface area (Å²) in [5.41, 5.74) is 0.956. The first-order valence-corrected chi connectivity index (χ1v) is 6.74. The van der Waals surface area contributed by atoms with Crippen molar-refractivity contribution in [2.75, 3.05) is 6.61 Å². The molecule has 1 amide bonds. The van der Waals surface area contributed by atoms with E-state index in [1.165, 1.54) is 19.3 Å². The van der Waals surface area contributed by atoms with Crippen molar-refractivity contribution in [3.63, 3.8) is 0 Å². The minimum Gasteiger partial charge on any atom is -0.394 e. The highest BCUT2D eigenvalue weighted by atomic mass is 16.3. The van der Waals surface area contributed by atoms with Crippen molar-refractivity contribution >= 4 is 5.91 Å². The van der Waals surface area contributed by atoms with Crippen LogP contribution in [0.2, 0.25) is 0 Å². The van der Waals surface area contributed by atoms with Crippen LogP contribution in [0, 0.1) is 5.92 Å². The van der Waals surface area contributed by atoms with Crippen LogP contribution in [0.3, 0.4) is 0 Å². The fourth-order valence-corrected chi connectivity index (χ4v) is 2.30. The number of aliphatic hydroxyl groups excluding tert-OH is 1. The number of hydrogen-bond donors (Lipinski definition) is 2. The van der Waals surface area contributed by atoms with E-state index >= 15 is 0 Å². The third kappa shape index (κ3) is 3.57. The zero-order valence-electron chi connectivity index (χ0n) is 10.6. The van der Waals surface area contributed by atoms with Crippen molar-refractivity contribution in [1.29, 1.82) is 0 Å². The normalized spacial score (nSPS) is 16.9. The van der Waals surface area contributed by atoms with E-state index in [4.69, 9.17) is 0 Å². The number of carbonyl (C=O) groups is 1. The van der Waals surface area contributed by atoms with Gasteiger partial charge in [-0.25, -0.2) is 0 Å². The lowest BCUT2D eigenvalue weighted by atomic mass is 9.82. The average molecular weight is 247 g/mol. The van der Waals surface area contributed by atoms with Crippen molar-refractivity contribution in [3.8, 4) is 0 Å². The van der Waals surface area contributed by atoms with E-state index in [9.17, 15) is 9.90 Å². The lowest BCUT2D eigenvalue weighted by Crippen LogP contribution is -2.31. The molecule has 1 atom stereocenters. The first kappa shape index (κ1) is 13.1. The Morgan fingerprint density at radius 3 is 2.61 bits per heavy atom. The minimum absolute atomic E-state index is 0.0461. The maximum atomic E-state index is 11.8. The number of amides is 1. The molecule has 1 aliphatic rings. The van der Waals surface area contributed by atoms with E-state index in [1.54, 1.807) is 0 Å². The molecular weight excluding hydrogens is 226 g/mol. The second-order valence-electron chi connectivity index (χ2n) is 5.05. The molecule has 0 radical (unpaired) electrons. The minimum atomic E-state index is -0.278. The zero-order chi connectivity index (χ0) is 12.8. The molecular formula is C15H21NO2. The number of benzene rings is 1. The smallest absolute Gasteiger partial charge is 0.220 e. The largest absolute Gasteiger partial charge is 0.394 e. The quantitative estimate of drug-likeness (QED) is 0.811. The first-order valence-electron chi connectivity index (χ1n) is 6.74. The maximum absolute atomic E-state index is 11.8. The van der Waals surface area contributed by atoms with Gasteiger partial charge >= 0.3 is 0 Å². The molecule has 0 heterocycles. The molecule has 18 heavy (non-hydrogen) atoms. The predicted octanol–water partition coefficient (Wildman–Crippen LogP) is 2.42. The van der Waals surface area contributed by atoms with Gasteiger partial charge in [0, 0.05) is 6.42 Å². The monoisotopic (exact) mass is 247 g/mol. The number of aliphatic hydroxyl groups is 1. The van der Waals surface area contributed by atoms with E-state index in [2.05, 4.69) is 5.32 Å². The van der Waals surface area contributed by atoms with Gasteiger partial charge in [0.15, 0.2) is 0 Å². The van der Waals surface area contributed by atoms with Gasteiger partial charge in [-0.3, -0.25) is 4.79 Å². The fourth-order valence-electron chi connectivity index (χ4n) is 2.30. The van der Waals surface area contributed by atoms with E-state index < -0.39 is 0 Å². The molecule has 98 valence electrons. The van der Waals surface area contributed by atoms with Crippen molar-refractivity contribution < 1.29 is 9.90 Å². The highest BCUT2D eigenvalue weighted by Crippen LogP contribution is 2.30. The standard InChI is InChI=1S/C15H21NO2/c17-11-14(13-7-2-1-3-8-13)16-15(18)10-9-12-5-4-6-12/h1-3,7-8,12,14,17H,4-6,9-11H2,(H,16,18)/t14-/m1/s1. The lowest BCUT2D eigenvalue weighted by molar-refractivity contribution is -0.122. The molecule has 1 saturated carbocycles. The predicted molar refractivity (Wildman–Crippen MR) is 71.0 cm³/mol. The van der Waals surface area contributed by atoms with Gasteiger partial charge in [0.2, 0.25) is 5.91 Å². The molecule has 1 aromatic rings. The van der Waals surface area contributed by atoms with E-state index in [0.29, 0.717) is 6.42 Å². The number of rotatable bonds is 6. The van der Waals surface area contributed by atoms with Crippen molar-refractivity contribution in [2.45, 2.75) is 38.1 Å². The Balaban J connectivity index is 1.80. The van der Waals surface area contributed by atoms with Crippen molar-refractivity contribution in [2.24, 2.45) is 5.92 Å². The molecule has 0 aliphatic heterocycles. The molecule has 0 spiro atoms. The first-order chi connectivity index (χ1) is 8.79. The Hall–Kier alpha value is -1.35. The second kappa shape index (κ2) is 6.55. The van der Waals surface area contributed by atoms with Crippen LogP contribution in [0.15, 0.2) is 30.3 Å². The van der Waals surface area contributed by atoms with Crippen LogP contribution in [-0.2, 0) is 4.79 Å². The van der Waals surface area contributed by atoms with Gasteiger partial charge < -0.3 is 10.4 Å². The van der Waals surface area contributed by atoms with Crippen LogP contribution < -0.4 is 5.32 Å². The van der Waals surface area contributed by atoms with E-state index in [0.717, 1.165) is 17.9 Å². The summed E-state index contributed by atoms with van der Waals surface area (Å²) < 4.78 is 0. The van der Waals surface area contributed by atoms with Gasteiger partial charge in [-0.15, -0.1) is 0 Å². The third-order valence-electron chi connectivity index (χ3n) is 3.72. The van der Waals surface area contributed by atoms with Crippen LogP contribution in [0.1, 0.15) is 43.7 Å². The molecule has 2 N–H and O–H groups in total. The number of hydrogen-bond acceptors (Lipinski definition) is 2. The molecule has 0 unspecified atom stereocenters. The molecule has 3 heteroatoms. The molecule has 1 aliphatic carbocycles. The molecule has 0 aromatic heterocycles. The fraction of sp³-hybridized carbons (Fsp3) is 0.533. The Morgan fingerprint density at radius 1 is 1.33 bits per heavy atom. The second-order valence-corrected chi connectivity index (χ2v) is 5.05.